The Labute approximate surface area is 106 Å². The van der Waals surface area contributed by atoms with Gasteiger partial charge in [-0.25, -0.2) is 0 Å². The van der Waals surface area contributed by atoms with Crippen LogP contribution in [-0.4, -0.2) is 60.6 Å². The molecular weight excluding hydrogens is 210 g/mol. The second-order valence-electron chi connectivity index (χ2n) is 6.17. The third-order valence-electron chi connectivity index (χ3n) is 5.00. The molecule has 3 nitrogen and oxygen atoms in total. The molecule has 3 rings (SSSR count). The molecule has 17 heavy (non-hydrogen) atoms. The van der Waals surface area contributed by atoms with Crippen LogP contribution in [0.2, 0.25) is 0 Å². The summed E-state index contributed by atoms with van der Waals surface area (Å²) in [7, 11) is 0. The van der Waals surface area contributed by atoms with E-state index in [-0.39, 0.29) is 0 Å². The molecule has 3 heterocycles. The molecule has 3 fully saturated rings. The lowest BCUT2D eigenvalue weighted by Crippen LogP contribution is -2.58. The Morgan fingerprint density at radius 2 is 1.82 bits per heavy atom. The van der Waals surface area contributed by atoms with Crippen molar-refractivity contribution in [3.63, 3.8) is 0 Å². The van der Waals surface area contributed by atoms with Crippen LogP contribution >= 0.6 is 0 Å². The second-order valence-corrected chi connectivity index (χ2v) is 6.17. The number of nitrogens with one attached hydrogen (secondary N) is 1. The van der Waals surface area contributed by atoms with Crippen molar-refractivity contribution in [1.82, 2.24) is 15.1 Å². The Kier molecular flexibility index (Phi) is 3.69. The largest absolute Gasteiger partial charge is 0.317 e. The van der Waals surface area contributed by atoms with E-state index in [1.54, 1.807) is 0 Å². The summed E-state index contributed by atoms with van der Waals surface area (Å²) in [5.74, 6) is 0. The van der Waals surface area contributed by atoms with Gasteiger partial charge in [-0.3, -0.25) is 9.80 Å². The van der Waals surface area contributed by atoms with Gasteiger partial charge in [0.15, 0.2) is 0 Å². The minimum absolute atomic E-state index is 0.771. The average Bonchev–Trinajstić information content (AvgIpc) is 2.62. The van der Waals surface area contributed by atoms with Gasteiger partial charge in [-0.1, -0.05) is 0 Å². The van der Waals surface area contributed by atoms with Crippen LogP contribution in [0.4, 0.5) is 0 Å². The molecule has 3 atom stereocenters. The highest BCUT2D eigenvalue weighted by atomic mass is 15.3. The molecule has 98 valence electrons. The summed E-state index contributed by atoms with van der Waals surface area (Å²) in [6, 6.07) is 2.50. The van der Waals surface area contributed by atoms with Crippen molar-refractivity contribution in [2.24, 2.45) is 0 Å². The van der Waals surface area contributed by atoms with E-state index < -0.39 is 0 Å². The molecule has 0 aromatic carbocycles. The lowest BCUT2D eigenvalue weighted by atomic mass is 10.0. The van der Waals surface area contributed by atoms with E-state index in [0.29, 0.717) is 0 Å². The van der Waals surface area contributed by atoms with Gasteiger partial charge in [0.25, 0.3) is 0 Å². The molecule has 3 unspecified atom stereocenters. The van der Waals surface area contributed by atoms with Crippen LogP contribution in [0.25, 0.3) is 0 Å². The molecule has 0 radical (unpaired) electrons. The molecular formula is C14H27N3. The molecule has 0 spiro atoms. The quantitative estimate of drug-likeness (QED) is 0.741. The van der Waals surface area contributed by atoms with Gasteiger partial charge in [0, 0.05) is 31.2 Å². The molecule has 0 aliphatic carbocycles. The fraction of sp³-hybridized carbons (Fsp3) is 1.00. The number of hydrogen-bond acceptors (Lipinski definition) is 3. The highest BCUT2D eigenvalue weighted by Crippen LogP contribution is 2.28. The maximum absolute atomic E-state index is 3.54. The SMILES string of the molecule is CC1CN2CCCC2CN1C1CCCNCC1. The smallest absolute Gasteiger partial charge is 0.0224 e. The first kappa shape index (κ1) is 11.9. The van der Waals surface area contributed by atoms with Gasteiger partial charge in [0.05, 0.1) is 0 Å². The zero-order chi connectivity index (χ0) is 11.7. The molecule has 0 bridgehead atoms. The van der Waals surface area contributed by atoms with Gasteiger partial charge in [0.1, 0.15) is 0 Å². The van der Waals surface area contributed by atoms with Gasteiger partial charge >= 0.3 is 0 Å². The van der Waals surface area contributed by atoms with E-state index in [0.717, 1.165) is 18.1 Å². The Balaban J connectivity index is 1.64. The third-order valence-corrected chi connectivity index (χ3v) is 5.00. The third kappa shape index (κ3) is 2.51. The fourth-order valence-corrected chi connectivity index (χ4v) is 4.05. The molecule has 3 saturated heterocycles. The van der Waals surface area contributed by atoms with Crippen molar-refractivity contribution in [1.29, 1.82) is 0 Å². The summed E-state index contributed by atoms with van der Waals surface area (Å²) in [6.07, 6.45) is 7.00. The van der Waals surface area contributed by atoms with Crippen molar-refractivity contribution in [3.05, 3.63) is 0 Å². The monoisotopic (exact) mass is 237 g/mol. The van der Waals surface area contributed by atoms with Crippen LogP contribution in [0.3, 0.4) is 0 Å². The Bertz CT molecular complexity index is 248. The molecule has 3 aliphatic heterocycles. The highest BCUT2D eigenvalue weighted by molar-refractivity contribution is 4.93. The summed E-state index contributed by atoms with van der Waals surface area (Å²) in [4.78, 5) is 5.57. The molecule has 3 heteroatoms. The minimum atomic E-state index is 0.771. The van der Waals surface area contributed by atoms with Gasteiger partial charge in [-0.2, -0.15) is 0 Å². The first-order chi connectivity index (χ1) is 8.34. The standard InChI is InChI=1S/C14H27N3/c1-12-10-16-9-3-5-14(16)11-17(12)13-4-2-7-15-8-6-13/h12-15H,2-11H2,1H3. The maximum atomic E-state index is 3.54. The predicted molar refractivity (Wildman–Crippen MR) is 71.3 cm³/mol. The van der Waals surface area contributed by atoms with Crippen molar-refractivity contribution >= 4 is 0 Å². The first-order valence-corrected chi connectivity index (χ1v) is 7.55. The summed E-state index contributed by atoms with van der Waals surface area (Å²) < 4.78 is 0. The van der Waals surface area contributed by atoms with Gasteiger partial charge in [0.2, 0.25) is 0 Å². The van der Waals surface area contributed by atoms with Gasteiger partial charge in [-0.05, 0) is 58.7 Å². The van der Waals surface area contributed by atoms with Crippen LogP contribution in [0.1, 0.15) is 39.0 Å². The minimum Gasteiger partial charge on any atom is -0.317 e. The summed E-state index contributed by atoms with van der Waals surface area (Å²) in [5.41, 5.74) is 0. The summed E-state index contributed by atoms with van der Waals surface area (Å²) in [6.45, 7) is 8.90. The molecule has 0 aromatic heterocycles. The van der Waals surface area contributed by atoms with Crippen molar-refractivity contribution < 1.29 is 0 Å². The number of piperazine rings is 1. The fourth-order valence-electron chi connectivity index (χ4n) is 4.05. The molecule has 3 aliphatic rings. The zero-order valence-corrected chi connectivity index (χ0v) is 11.2. The average molecular weight is 237 g/mol. The van der Waals surface area contributed by atoms with Gasteiger partial charge in [-0.15, -0.1) is 0 Å². The van der Waals surface area contributed by atoms with Crippen LogP contribution in [0, 0.1) is 0 Å². The second kappa shape index (κ2) is 5.25. The topological polar surface area (TPSA) is 18.5 Å². The van der Waals surface area contributed by atoms with Crippen molar-refractivity contribution in [2.45, 2.75) is 57.2 Å². The maximum Gasteiger partial charge on any atom is 0.0224 e. The number of hydrogen-bond donors (Lipinski definition) is 1. The zero-order valence-electron chi connectivity index (χ0n) is 11.2. The summed E-state index contributed by atoms with van der Waals surface area (Å²) in [5, 5.41) is 3.54. The van der Waals surface area contributed by atoms with E-state index >= 15 is 0 Å². The van der Waals surface area contributed by atoms with E-state index in [2.05, 4.69) is 22.0 Å². The summed E-state index contributed by atoms with van der Waals surface area (Å²) >= 11 is 0. The van der Waals surface area contributed by atoms with E-state index in [1.165, 1.54) is 64.8 Å². The Morgan fingerprint density at radius 3 is 2.76 bits per heavy atom. The molecule has 0 aromatic rings. The van der Waals surface area contributed by atoms with Crippen LogP contribution in [0.5, 0.6) is 0 Å². The van der Waals surface area contributed by atoms with Gasteiger partial charge < -0.3 is 5.32 Å². The first-order valence-electron chi connectivity index (χ1n) is 7.55. The van der Waals surface area contributed by atoms with E-state index in [9.17, 15) is 0 Å². The number of nitrogens with zero attached hydrogens (tertiary/aromatic N) is 2. The van der Waals surface area contributed by atoms with Crippen LogP contribution in [0.15, 0.2) is 0 Å². The number of fused-ring (bicyclic) bond motifs is 1. The highest BCUT2D eigenvalue weighted by Gasteiger charge is 2.37. The van der Waals surface area contributed by atoms with Crippen LogP contribution < -0.4 is 5.32 Å². The predicted octanol–water partition coefficient (Wildman–Crippen LogP) is 1.30. The van der Waals surface area contributed by atoms with Crippen molar-refractivity contribution in [3.8, 4) is 0 Å². The van der Waals surface area contributed by atoms with Crippen molar-refractivity contribution in [2.75, 3.05) is 32.7 Å². The lowest BCUT2D eigenvalue weighted by Gasteiger charge is -2.46. The molecule has 1 N–H and O–H groups in total. The number of rotatable bonds is 1. The molecule has 0 saturated carbocycles. The lowest BCUT2D eigenvalue weighted by molar-refractivity contribution is 0.0240. The normalized spacial score (nSPS) is 41.1. The van der Waals surface area contributed by atoms with E-state index in [4.69, 9.17) is 0 Å². The molecule has 0 amide bonds. The van der Waals surface area contributed by atoms with E-state index in [1.807, 2.05) is 0 Å². The Morgan fingerprint density at radius 1 is 0.941 bits per heavy atom. The Hall–Kier alpha value is -0.120. The van der Waals surface area contributed by atoms with Crippen LogP contribution in [-0.2, 0) is 0 Å².